The average Bonchev–Trinajstić information content (AvgIpc) is 2.49. The summed E-state index contributed by atoms with van der Waals surface area (Å²) >= 11 is 8.31. The van der Waals surface area contributed by atoms with Crippen LogP contribution in [0.2, 0.25) is 0 Å². The molecule has 2 amide bonds. The number of amides is 2. The van der Waals surface area contributed by atoms with Crippen LogP contribution in [0.5, 0.6) is 11.5 Å². The molecule has 116 valence electrons. The predicted octanol–water partition coefficient (Wildman–Crippen LogP) is 1.76. The van der Waals surface area contributed by atoms with Crippen LogP contribution in [0.25, 0.3) is 6.08 Å². The molecule has 0 unspecified atom stereocenters. The zero-order valence-electron chi connectivity index (χ0n) is 12.1. The van der Waals surface area contributed by atoms with Gasteiger partial charge in [0.2, 0.25) is 0 Å². The first-order valence-corrected chi connectivity index (χ1v) is 7.36. The van der Waals surface area contributed by atoms with Gasteiger partial charge in [0, 0.05) is 18.6 Å². The lowest BCUT2D eigenvalue weighted by atomic mass is 10.1. The van der Waals surface area contributed by atoms with E-state index in [0.717, 1.165) is 0 Å². The van der Waals surface area contributed by atoms with E-state index in [2.05, 4.69) is 15.9 Å². The highest BCUT2D eigenvalue weighted by atomic mass is 79.9. The number of methoxy groups -OCH3 is 1. The predicted molar refractivity (Wildman–Crippen MR) is 88.5 cm³/mol. The fourth-order valence-corrected chi connectivity index (χ4v) is 2.57. The highest BCUT2D eigenvalue weighted by Gasteiger charge is 2.35. The number of aromatic hydroxyl groups is 1. The molecule has 1 aliphatic rings. The molecule has 22 heavy (non-hydrogen) atoms. The lowest BCUT2D eigenvalue weighted by Crippen LogP contribution is -2.52. The van der Waals surface area contributed by atoms with Crippen LogP contribution in [0.4, 0.5) is 0 Å². The third-order valence-corrected chi connectivity index (χ3v) is 4.48. The van der Waals surface area contributed by atoms with Gasteiger partial charge in [-0.2, -0.15) is 0 Å². The largest absolute Gasteiger partial charge is 0.504 e. The van der Waals surface area contributed by atoms with Crippen molar-refractivity contribution in [2.75, 3.05) is 21.2 Å². The number of hydrogen-bond acceptors (Lipinski definition) is 5. The van der Waals surface area contributed by atoms with Crippen molar-refractivity contribution in [3.63, 3.8) is 0 Å². The van der Waals surface area contributed by atoms with E-state index in [9.17, 15) is 14.7 Å². The number of ether oxygens (including phenoxy) is 1. The number of halogens is 1. The number of carbonyl (C=O) groups excluding carboxylic acids is 2. The number of carbonyl (C=O) groups is 2. The minimum Gasteiger partial charge on any atom is -0.504 e. The third kappa shape index (κ3) is 2.71. The summed E-state index contributed by atoms with van der Waals surface area (Å²) in [6, 6.07) is 2.96. The number of benzene rings is 1. The molecule has 1 N–H and O–H groups in total. The minimum absolute atomic E-state index is 0.0213. The van der Waals surface area contributed by atoms with Crippen molar-refractivity contribution in [3.8, 4) is 11.5 Å². The summed E-state index contributed by atoms with van der Waals surface area (Å²) in [5.41, 5.74) is 0.507. The van der Waals surface area contributed by atoms with E-state index in [1.54, 1.807) is 0 Å². The third-order valence-electron chi connectivity index (χ3n) is 3.24. The Balaban J connectivity index is 2.54. The second-order valence-electron chi connectivity index (χ2n) is 4.61. The molecule has 1 heterocycles. The molecule has 1 aromatic rings. The highest BCUT2D eigenvalue weighted by Crippen LogP contribution is 2.34. The molecule has 0 spiro atoms. The number of likely N-dealkylation sites (N-methyl/N-ethyl adjacent to an activating group) is 2. The monoisotopic (exact) mass is 384 g/mol. The fraction of sp³-hybridized carbons (Fsp3) is 0.214. The van der Waals surface area contributed by atoms with Crippen molar-refractivity contribution in [1.29, 1.82) is 0 Å². The van der Waals surface area contributed by atoms with Gasteiger partial charge in [0.15, 0.2) is 16.6 Å². The summed E-state index contributed by atoms with van der Waals surface area (Å²) in [7, 11) is 4.43. The van der Waals surface area contributed by atoms with Crippen LogP contribution in [0, 0.1) is 0 Å². The molecule has 6 nitrogen and oxygen atoms in total. The number of rotatable bonds is 2. The molecule has 0 aliphatic carbocycles. The molecule has 1 saturated heterocycles. The van der Waals surface area contributed by atoms with Gasteiger partial charge in [-0.1, -0.05) is 15.9 Å². The van der Waals surface area contributed by atoms with Gasteiger partial charge in [-0.05, 0) is 36.0 Å². The smallest absolute Gasteiger partial charge is 0.265 e. The summed E-state index contributed by atoms with van der Waals surface area (Å²) in [5.74, 6) is -0.768. The molecule has 0 radical (unpaired) electrons. The number of thiocarbonyl (C=S) groups is 1. The van der Waals surface area contributed by atoms with Gasteiger partial charge in [-0.3, -0.25) is 19.4 Å². The summed E-state index contributed by atoms with van der Waals surface area (Å²) in [6.07, 6.45) is 1.44. The van der Waals surface area contributed by atoms with Crippen molar-refractivity contribution in [2.45, 2.75) is 0 Å². The number of phenols is 1. The van der Waals surface area contributed by atoms with E-state index in [1.165, 1.54) is 49.2 Å². The summed E-state index contributed by atoms with van der Waals surface area (Å²) in [4.78, 5) is 27.0. The molecule has 0 bridgehead atoms. The maximum Gasteiger partial charge on any atom is 0.265 e. The number of hydrogen-bond donors (Lipinski definition) is 1. The topological polar surface area (TPSA) is 70.1 Å². The van der Waals surface area contributed by atoms with Crippen molar-refractivity contribution in [2.24, 2.45) is 0 Å². The molecular weight excluding hydrogens is 372 g/mol. The zero-order chi connectivity index (χ0) is 16.6. The van der Waals surface area contributed by atoms with Crippen molar-refractivity contribution >= 4 is 51.2 Å². The molecule has 0 aromatic heterocycles. The van der Waals surface area contributed by atoms with E-state index < -0.39 is 11.8 Å². The van der Waals surface area contributed by atoms with Gasteiger partial charge < -0.3 is 9.84 Å². The molecule has 8 heteroatoms. The first-order chi connectivity index (χ1) is 10.3. The standard InChI is InChI=1S/C14H13BrN2O4S/c1-16-12(19)8(13(20)17(2)14(16)22)4-7-5-11(21-3)10(18)6-9(7)15/h4-6,18H,1-3H3. The van der Waals surface area contributed by atoms with Crippen LogP contribution in [-0.4, -0.2) is 53.0 Å². The Labute approximate surface area is 141 Å². The van der Waals surface area contributed by atoms with Crippen LogP contribution >= 0.6 is 28.1 Å². The Morgan fingerprint density at radius 3 is 2.27 bits per heavy atom. The summed E-state index contributed by atoms with van der Waals surface area (Å²) < 4.78 is 5.56. The van der Waals surface area contributed by atoms with Gasteiger partial charge in [-0.25, -0.2) is 0 Å². The maximum atomic E-state index is 12.3. The van der Waals surface area contributed by atoms with Crippen molar-refractivity contribution in [1.82, 2.24) is 9.80 Å². The quantitative estimate of drug-likeness (QED) is 0.477. The molecule has 2 rings (SSSR count). The van der Waals surface area contributed by atoms with Crippen LogP contribution in [-0.2, 0) is 9.59 Å². The molecular formula is C14H13BrN2O4S. The maximum absolute atomic E-state index is 12.3. The molecule has 0 atom stereocenters. The highest BCUT2D eigenvalue weighted by molar-refractivity contribution is 9.10. The van der Waals surface area contributed by atoms with E-state index in [4.69, 9.17) is 17.0 Å². The summed E-state index contributed by atoms with van der Waals surface area (Å²) in [5, 5.41) is 9.85. The number of nitrogens with zero attached hydrogens (tertiary/aromatic N) is 2. The second-order valence-corrected chi connectivity index (χ2v) is 5.83. The second kappa shape index (κ2) is 6.05. The summed E-state index contributed by atoms with van der Waals surface area (Å²) in [6.45, 7) is 0. The number of phenolic OH excluding ortho intramolecular Hbond substituents is 1. The Morgan fingerprint density at radius 2 is 1.77 bits per heavy atom. The molecule has 1 aromatic carbocycles. The van der Waals surface area contributed by atoms with Gasteiger partial charge >= 0.3 is 0 Å². The normalized spacial score (nSPS) is 15.5. The lowest BCUT2D eigenvalue weighted by molar-refractivity contribution is -0.132. The lowest BCUT2D eigenvalue weighted by Gasteiger charge is -2.31. The fourth-order valence-electron chi connectivity index (χ4n) is 1.96. The van der Waals surface area contributed by atoms with E-state index in [-0.39, 0.29) is 22.2 Å². The molecule has 1 fully saturated rings. The molecule has 1 aliphatic heterocycles. The van der Waals surface area contributed by atoms with Gasteiger partial charge in [-0.15, -0.1) is 0 Å². The Hall–Kier alpha value is -1.93. The average molecular weight is 385 g/mol. The SMILES string of the molecule is COc1cc(C=C2C(=O)N(C)C(=S)N(C)C2=O)c(Br)cc1O. The van der Waals surface area contributed by atoms with Gasteiger partial charge in [0.25, 0.3) is 11.8 Å². The Morgan fingerprint density at radius 1 is 1.23 bits per heavy atom. The van der Waals surface area contributed by atoms with E-state index in [1.807, 2.05) is 0 Å². The first kappa shape index (κ1) is 16.4. The van der Waals surface area contributed by atoms with E-state index >= 15 is 0 Å². The van der Waals surface area contributed by atoms with Crippen LogP contribution in [0.1, 0.15) is 5.56 Å². The minimum atomic E-state index is -0.480. The van der Waals surface area contributed by atoms with Gasteiger partial charge in [0.1, 0.15) is 5.57 Å². The van der Waals surface area contributed by atoms with Crippen molar-refractivity contribution < 1.29 is 19.4 Å². The van der Waals surface area contributed by atoms with Crippen LogP contribution < -0.4 is 4.74 Å². The first-order valence-electron chi connectivity index (χ1n) is 6.16. The Bertz CT molecular complexity index is 691. The molecule has 0 saturated carbocycles. The zero-order valence-corrected chi connectivity index (χ0v) is 14.5. The van der Waals surface area contributed by atoms with Crippen LogP contribution in [0.3, 0.4) is 0 Å². The van der Waals surface area contributed by atoms with Crippen molar-refractivity contribution in [3.05, 3.63) is 27.7 Å². The van der Waals surface area contributed by atoms with Crippen LogP contribution in [0.15, 0.2) is 22.2 Å². The van der Waals surface area contributed by atoms with Gasteiger partial charge in [0.05, 0.1) is 7.11 Å². The Kier molecular flexibility index (Phi) is 4.52. The van der Waals surface area contributed by atoms with E-state index in [0.29, 0.717) is 10.0 Å².